The summed E-state index contributed by atoms with van der Waals surface area (Å²) >= 11 is 0. The second kappa shape index (κ2) is 11.7. The van der Waals surface area contributed by atoms with E-state index in [0.717, 1.165) is 11.8 Å². The summed E-state index contributed by atoms with van der Waals surface area (Å²) in [5, 5.41) is 7.39. The first kappa shape index (κ1) is 27.5. The van der Waals surface area contributed by atoms with Crippen LogP contribution in [-0.4, -0.2) is 60.2 Å². The molecule has 13 heteroatoms. The van der Waals surface area contributed by atoms with Gasteiger partial charge in [-0.2, -0.15) is 0 Å². The van der Waals surface area contributed by atoms with Crippen LogP contribution in [0.25, 0.3) is 17.1 Å². The number of para-hydroxylation sites is 1. The lowest BCUT2D eigenvalue weighted by molar-refractivity contribution is 0.391. The summed E-state index contributed by atoms with van der Waals surface area (Å²) in [4.78, 5) is 11.7. The normalized spacial score (nSPS) is 13.2. The smallest absolute Gasteiger partial charge is 0.243 e. The second-order valence-electron chi connectivity index (χ2n) is 7.97. The third-order valence-electron chi connectivity index (χ3n) is 5.38. The van der Waals surface area contributed by atoms with Crippen molar-refractivity contribution in [3.63, 3.8) is 0 Å². The average molecular weight is 530 g/mol. The zero-order chi connectivity index (χ0) is 27.2. The molecule has 1 atom stereocenters. The predicted octanol–water partition coefficient (Wildman–Crippen LogP) is 4.11. The molecule has 2 heterocycles. The number of amidine groups is 1. The molecule has 0 unspecified atom stereocenters. The monoisotopic (exact) mass is 529 g/mol. The van der Waals surface area contributed by atoms with Crippen LogP contribution in [0.4, 0.5) is 10.3 Å². The Morgan fingerprint density at radius 3 is 2.49 bits per heavy atom. The number of aromatic nitrogens is 4. The average Bonchev–Trinajstić information content (AvgIpc) is 3.27. The number of methoxy groups -OCH3 is 2. The number of hydrogen-bond donors (Lipinski definition) is 1. The Bertz CT molecular complexity index is 1420. The number of anilines is 1. The summed E-state index contributed by atoms with van der Waals surface area (Å²) in [6.07, 6.45) is 4.07. The Morgan fingerprint density at radius 2 is 1.92 bits per heavy atom. The number of ether oxygens (including phenoxy) is 2. The van der Waals surface area contributed by atoms with Crippen molar-refractivity contribution in [2.75, 3.05) is 18.9 Å². The fourth-order valence-corrected chi connectivity index (χ4v) is 4.36. The molecule has 1 N–H and O–H groups in total. The molecule has 0 spiro atoms. The van der Waals surface area contributed by atoms with Gasteiger partial charge in [-0.25, -0.2) is 22.8 Å². The lowest BCUT2D eigenvalue weighted by Gasteiger charge is -2.19. The number of hydrogen-bond acceptors (Lipinski definition) is 8. The van der Waals surface area contributed by atoms with E-state index in [1.165, 1.54) is 32.6 Å². The van der Waals surface area contributed by atoms with Gasteiger partial charge in [-0.15, -0.1) is 10.2 Å². The van der Waals surface area contributed by atoms with Gasteiger partial charge in [0.1, 0.15) is 28.8 Å². The van der Waals surface area contributed by atoms with Gasteiger partial charge < -0.3 is 9.47 Å². The number of aliphatic imine (C=N–C) groups is 2. The van der Waals surface area contributed by atoms with Crippen LogP contribution in [0.2, 0.25) is 0 Å². The molecule has 0 saturated heterocycles. The number of nitrogens with one attached hydrogen (secondary N) is 1. The molecule has 0 radical (unpaired) electrons. The quantitative estimate of drug-likeness (QED) is 0.309. The minimum Gasteiger partial charge on any atom is -0.494 e. The number of sulfonamides is 1. The fraction of sp³-hybridized carbons (Fsp3) is 0.292. The van der Waals surface area contributed by atoms with Gasteiger partial charge in [0.15, 0.2) is 5.82 Å². The Hall–Kier alpha value is -4.13. The molecule has 0 aliphatic rings. The van der Waals surface area contributed by atoms with Crippen molar-refractivity contribution in [2.45, 2.75) is 32.4 Å². The first-order valence-corrected chi connectivity index (χ1v) is 12.6. The van der Waals surface area contributed by atoms with Gasteiger partial charge in [-0.3, -0.25) is 14.3 Å². The molecule has 0 aliphatic carbocycles. The Morgan fingerprint density at radius 1 is 1.24 bits per heavy atom. The highest BCUT2D eigenvalue weighted by molar-refractivity contribution is 7.93. The van der Waals surface area contributed by atoms with Crippen molar-refractivity contribution in [1.82, 2.24) is 19.7 Å². The molecule has 0 fully saturated rings. The van der Waals surface area contributed by atoms with E-state index >= 15 is 0 Å². The molecular weight excluding hydrogens is 501 g/mol. The molecule has 11 nitrogen and oxygen atoms in total. The minimum atomic E-state index is -4.06. The second-order valence-corrected chi connectivity index (χ2v) is 10.1. The van der Waals surface area contributed by atoms with Crippen LogP contribution < -0.4 is 14.2 Å². The lowest BCUT2D eigenvalue weighted by atomic mass is 10.1. The molecule has 3 rings (SSSR count). The van der Waals surface area contributed by atoms with Crippen LogP contribution in [-0.2, 0) is 10.0 Å². The number of allylic oxidation sites excluding steroid dienone is 1. The van der Waals surface area contributed by atoms with Crippen molar-refractivity contribution >= 4 is 28.5 Å². The van der Waals surface area contributed by atoms with E-state index in [1.54, 1.807) is 36.7 Å². The Labute approximate surface area is 214 Å². The number of benzene rings is 1. The van der Waals surface area contributed by atoms with Crippen LogP contribution in [0.3, 0.4) is 0 Å². The van der Waals surface area contributed by atoms with Crippen molar-refractivity contribution in [1.29, 1.82) is 0 Å². The first-order chi connectivity index (χ1) is 17.6. The maximum Gasteiger partial charge on any atom is 0.243 e. The van der Waals surface area contributed by atoms with Crippen LogP contribution in [0.1, 0.15) is 25.8 Å². The van der Waals surface area contributed by atoms with E-state index in [2.05, 4.69) is 36.6 Å². The molecule has 196 valence electrons. The van der Waals surface area contributed by atoms with Crippen molar-refractivity contribution in [3.8, 4) is 28.6 Å². The molecule has 2 aromatic heterocycles. The molecular formula is C24H28FN7O4S. The van der Waals surface area contributed by atoms with Gasteiger partial charge in [-0.05, 0) is 51.3 Å². The predicted molar refractivity (Wildman–Crippen MR) is 141 cm³/mol. The third kappa shape index (κ3) is 6.17. The Balaban J connectivity index is 2.15. The van der Waals surface area contributed by atoms with E-state index in [1.807, 2.05) is 6.92 Å². The van der Waals surface area contributed by atoms with Crippen LogP contribution in [0.5, 0.6) is 11.5 Å². The van der Waals surface area contributed by atoms with Crippen molar-refractivity contribution < 1.29 is 22.3 Å². The number of pyridine rings is 1. The van der Waals surface area contributed by atoms with E-state index < -0.39 is 21.1 Å². The standard InChI is InChI=1S/C24H28FN7O4S/c1-15-10-11-27-14-18(15)23-29-30-24(32(23)22-19(35-5)8-7-9-20(22)36-6)31-37(33,34)17(3)12-21(26-4)28-13-16(2)25/h7-11,13-14,17H,4,12H2,1-3,5-6H3,(H,30,31)/b16-13+,28-21-/t17-/m1/s1. The molecule has 0 amide bonds. The minimum absolute atomic E-state index is 0.0643. The van der Waals surface area contributed by atoms with Gasteiger partial charge in [0.25, 0.3) is 0 Å². The zero-order valence-electron chi connectivity index (χ0n) is 21.1. The summed E-state index contributed by atoms with van der Waals surface area (Å²) < 4.78 is 54.9. The summed E-state index contributed by atoms with van der Waals surface area (Å²) in [7, 11) is -1.09. The summed E-state index contributed by atoms with van der Waals surface area (Å²) in [5.74, 6) is 0.527. The van der Waals surface area contributed by atoms with Crippen LogP contribution >= 0.6 is 0 Å². The van der Waals surface area contributed by atoms with Gasteiger partial charge in [-0.1, -0.05) is 6.07 Å². The molecule has 0 saturated carbocycles. The maximum atomic E-state index is 13.3. The van der Waals surface area contributed by atoms with Gasteiger partial charge in [0, 0.05) is 24.4 Å². The highest BCUT2D eigenvalue weighted by atomic mass is 32.2. The van der Waals surface area contributed by atoms with Crippen LogP contribution in [0, 0.1) is 6.92 Å². The molecule has 0 bridgehead atoms. The molecule has 1 aromatic carbocycles. The first-order valence-electron chi connectivity index (χ1n) is 11.1. The number of aryl methyl sites for hydroxylation is 1. The molecule has 3 aromatic rings. The fourth-order valence-electron chi connectivity index (χ4n) is 3.40. The van der Waals surface area contributed by atoms with Gasteiger partial charge >= 0.3 is 0 Å². The van der Waals surface area contributed by atoms with E-state index in [0.29, 0.717) is 28.6 Å². The lowest BCUT2D eigenvalue weighted by Crippen LogP contribution is -2.28. The van der Waals surface area contributed by atoms with Gasteiger partial charge in [0.2, 0.25) is 16.0 Å². The van der Waals surface area contributed by atoms with E-state index in [4.69, 9.17) is 9.47 Å². The number of rotatable bonds is 10. The maximum absolute atomic E-state index is 13.3. The third-order valence-corrected chi connectivity index (χ3v) is 7.07. The summed E-state index contributed by atoms with van der Waals surface area (Å²) in [6.45, 7) is 7.94. The number of nitrogens with zero attached hydrogens (tertiary/aromatic N) is 6. The highest BCUT2D eigenvalue weighted by Gasteiger charge is 2.29. The molecule has 0 aliphatic heterocycles. The molecule has 37 heavy (non-hydrogen) atoms. The summed E-state index contributed by atoms with van der Waals surface area (Å²) in [6, 6.07) is 6.95. The van der Waals surface area contributed by atoms with E-state index in [9.17, 15) is 12.8 Å². The van der Waals surface area contributed by atoms with Crippen LogP contribution in [0.15, 0.2) is 58.7 Å². The van der Waals surface area contributed by atoms with E-state index in [-0.39, 0.29) is 18.2 Å². The van der Waals surface area contributed by atoms with Crippen molar-refractivity contribution in [3.05, 3.63) is 54.2 Å². The topological polar surface area (TPSA) is 133 Å². The Kier molecular flexibility index (Phi) is 8.71. The largest absolute Gasteiger partial charge is 0.494 e. The highest BCUT2D eigenvalue weighted by Crippen LogP contribution is 2.38. The number of halogens is 1. The summed E-state index contributed by atoms with van der Waals surface area (Å²) in [5.41, 5.74) is 1.86. The zero-order valence-corrected chi connectivity index (χ0v) is 22.0. The van der Waals surface area contributed by atoms with Gasteiger partial charge in [0.05, 0.1) is 25.7 Å². The SMILES string of the molecule is C=N/C(C[C@@H](C)S(=O)(=O)Nc1nnc(-c2cnccc2C)n1-c1c(OC)cccc1OC)=N\C=C(/C)F. The van der Waals surface area contributed by atoms with Crippen molar-refractivity contribution in [2.24, 2.45) is 9.98 Å².